The SMILES string of the molecule is CN(c1nc(N2CC(c3cccc(C(=O)O)c3F)C2)nc2c1[S+]([O-])CC2)C1CCOCC1. The average molecular weight is 461 g/mol. The summed E-state index contributed by atoms with van der Waals surface area (Å²) >= 11 is -1.11. The molecule has 2 fully saturated rings. The van der Waals surface area contributed by atoms with Gasteiger partial charge in [0, 0.05) is 51.7 Å². The monoisotopic (exact) mass is 460 g/mol. The molecule has 1 N–H and O–H groups in total. The second kappa shape index (κ2) is 8.49. The van der Waals surface area contributed by atoms with Gasteiger partial charge in [-0.3, -0.25) is 0 Å². The molecule has 3 aliphatic rings. The third kappa shape index (κ3) is 3.70. The maximum absolute atomic E-state index is 14.6. The number of anilines is 2. The topological polar surface area (TPSA) is 102 Å². The number of aromatic nitrogens is 2. The van der Waals surface area contributed by atoms with Gasteiger partial charge in [-0.2, -0.15) is 4.98 Å². The Hall–Kier alpha value is -2.43. The molecule has 1 aromatic heterocycles. The van der Waals surface area contributed by atoms with E-state index in [1.54, 1.807) is 12.1 Å². The zero-order valence-electron chi connectivity index (χ0n) is 17.8. The highest BCUT2D eigenvalue weighted by atomic mass is 32.2. The summed E-state index contributed by atoms with van der Waals surface area (Å²) in [4.78, 5) is 25.6. The van der Waals surface area contributed by atoms with Crippen molar-refractivity contribution in [2.24, 2.45) is 0 Å². The van der Waals surface area contributed by atoms with Crippen molar-refractivity contribution < 1.29 is 23.6 Å². The van der Waals surface area contributed by atoms with Gasteiger partial charge in [-0.15, -0.1) is 0 Å². The van der Waals surface area contributed by atoms with Crippen molar-refractivity contribution in [3.05, 3.63) is 40.8 Å². The molecule has 2 saturated heterocycles. The molecule has 1 atom stereocenters. The molecule has 8 nitrogen and oxygen atoms in total. The van der Waals surface area contributed by atoms with E-state index in [4.69, 9.17) is 14.7 Å². The van der Waals surface area contributed by atoms with Gasteiger partial charge in [0.2, 0.25) is 10.8 Å². The van der Waals surface area contributed by atoms with Gasteiger partial charge in [0.05, 0.1) is 5.56 Å². The van der Waals surface area contributed by atoms with Crippen molar-refractivity contribution in [3.8, 4) is 0 Å². The van der Waals surface area contributed by atoms with E-state index in [2.05, 4.69) is 4.90 Å². The van der Waals surface area contributed by atoms with Crippen LogP contribution in [0.4, 0.5) is 16.2 Å². The lowest BCUT2D eigenvalue weighted by atomic mass is 9.90. The Bertz CT molecular complexity index is 1040. The van der Waals surface area contributed by atoms with Crippen LogP contribution in [0.25, 0.3) is 0 Å². The molecule has 5 rings (SSSR count). The van der Waals surface area contributed by atoms with Crippen LogP contribution in [-0.2, 0) is 22.3 Å². The standard InChI is InChI=1S/C22H25FN4O4S/c1-26(14-5-8-31-9-6-14)20-19-17(7-10-32(19)30)24-22(25-20)27-11-13(12-27)15-3-2-4-16(18(15)23)21(28)29/h2-4,13-14H,5-12H2,1H3,(H,28,29). The van der Waals surface area contributed by atoms with E-state index >= 15 is 0 Å². The van der Waals surface area contributed by atoms with Gasteiger partial charge in [0.25, 0.3) is 0 Å². The second-order valence-electron chi connectivity index (χ2n) is 8.49. The molecule has 32 heavy (non-hydrogen) atoms. The number of hydrogen-bond acceptors (Lipinski definition) is 7. The lowest BCUT2D eigenvalue weighted by molar-refractivity contribution is 0.0691. The normalized spacial score (nSPS) is 21.3. The Labute approximate surface area is 188 Å². The largest absolute Gasteiger partial charge is 0.611 e. The first-order valence-electron chi connectivity index (χ1n) is 10.8. The summed E-state index contributed by atoms with van der Waals surface area (Å²) in [6.07, 6.45) is 2.43. The number of carboxylic acid groups (broad SMARTS) is 1. The molecule has 4 heterocycles. The number of benzene rings is 1. The van der Waals surface area contributed by atoms with Crippen molar-refractivity contribution >= 4 is 28.9 Å². The van der Waals surface area contributed by atoms with Crippen LogP contribution in [0, 0.1) is 5.82 Å². The summed E-state index contributed by atoms with van der Waals surface area (Å²) in [6, 6.07) is 4.76. The van der Waals surface area contributed by atoms with Gasteiger partial charge in [-0.1, -0.05) is 12.1 Å². The zero-order chi connectivity index (χ0) is 22.4. The van der Waals surface area contributed by atoms with E-state index < -0.39 is 23.0 Å². The molecule has 0 amide bonds. The number of nitrogens with zero attached hydrogens (tertiary/aromatic N) is 4. The highest BCUT2D eigenvalue weighted by Crippen LogP contribution is 2.38. The van der Waals surface area contributed by atoms with Crippen LogP contribution >= 0.6 is 0 Å². The van der Waals surface area contributed by atoms with Crippen LogP contribution in [0.1, 0.15) is 40.4 Å². The minimum absolute atomic E-state index is 0.128. The van der Waals surface area contributed by atoms with Gasteiger partial charge in [-0.05, 0) is 35.6 Å². The highest BCUT2D eigenvalue weighted by Gasteiger charge is 2.38. The molecule has 0 aliphatic carbocycles. The third-order valence-electron chi connectivity index (χ3n) is 6.59. The summed E-state index contributed by atoms with van der Waals surface area (Å²) in [5.74, 6) is -0.237. The molecule has 0 bridgehead atoms. The quantitative estimate of drug-likeness (QED) is 0.678. The van der Waals surface area contributed by atoms with Crippen molar-refractivity contribution in [2.75, 3.05) is 48.9 Å². The van der Waals surface area contributed by atoms with Crippen LogP contribution in [0.3, 0.4) is 0 Å². The van der Waals surface area contributed by atoms with Gasteiger partial charge in [0.15, 0.2) is 5.82 Å². The molecule has 2 aromatic rings. The Balaban J connectivity index is 1.40. The highest BCUT2D eigenvalue weighted by molar-refractivity contribution is 7.91. The number of hydrogen-bond donors (Lipinski definition) is 1. The fraction of sp³-hybridized carbons (Fsp3) is 0.500. The fourth-order valence-corrected chi connectivity index (χ4v) is 6.05. The maximum atomic E-state index is 14.6. The van der Waals surface area contributed by atoms with E-state index in [9.17, 15) is 18.8 Å². The number of aromatic carboxylic acids is 1. The van der Waals surface area contributed by atoms with Crippen molar-refractivity contribution in [3.63, 3.8) is 0 Å². The number of carboxylic acids is 1. The van der Waals surface area contributed by atoms with Gasteiger partial charge < -0.3 is 24.2 Å². The minimum atomic E-state index is -1.27. The minimum Gasteiger partial charge on any atom is -0.611 e. The van der Waals surface area contributed by atoms with Gasteiger partial charge in [0.1, 0.15) is 17.3 Å². The van der Waals surface area contributed by atoms with Crippen molar-refractivity contribution in [1.82, 2.24) is 9.97 Å². The molecule has 3 aliphatic heterocycles. The first-order valence-corrected chi connectivity index (χ1v) is 12.1. The van der Waals surface area contributed by atoms with Gasteiger partial charge >= 0.3 is 5.97 Å². The molecule has 170 valence electrons. The third-order valence-corrected chi connectivity index (χ3v) is 8.04. The molecule has 0 saturated carbocycles. The van der Waals surface area contributed by atoms with Crippen LogP contribution in [0.15, 0.2) is 23.1 Å². The molecular weight excluding hydrogens is 435 g/mol. The lowest BCUT2D eigenvalue weighted by Crippen LogP contribution is -2.47. The maximum Gasteiger partial charge on any atom is 0.338 e. The summed E-state index contributed by atoms with van der Waals surface area (Å²) in [5.41, 5.74) is 0.922. The Kier molecular flexibility index (Phi) is 5.68. The molecule has 0 radical (unpaired) electrons. The van der Waals surface area contributed by atoms with Crippen LogP contribution in [0.2, 0.25) is 0 Å². The molecular formula is C22H25FN4O4S. The van der Waals surface area contributed by atoms with Crippen LogP contribution in [-0.4, -0.2) is 70.7 Å². The Morgan fingerprint density at radius 1 is 1.31 bits per heavy atom. The number of aryl methyl sites for hydroxylation is 1. The molecule has 1 unspecified atom stereocenters. The smallest absolute Gasteiger partial charge is 0.338 e. The van der Waals surface area contributed by atoms with E-state index in [1.807, 2.05) is 11.9 Å². The van der Waals surface area contributed by atoms with Crippen molar-refractivity contribution in [1.29, 1.82) is 0 Å². The number of halogens is 1. The predicted molar refractivity (Wildman–Crippen MR) is 118 cm³/mol. The number of rotatable bonds is 5. The Morgan fingerprint density at radius 3 is 2.78 bits per heavy atom. The van der Waals surface area contributed by atoms with Crippen LogP contribution < -0.4 is 9.80 Å². The Morgan fingerprint density at radius 2 is 2.06 bits per heavy atom. The first-order chi connectivity index (χ1) is 15.4. The number of carbonyl (C=O) groups is 1. The van der Waals surface area contributed by atoms with E-state index in [0.717, 1.165) is 29.2 Å². The fourth-order valence-electron chi connectivity index (χ4n) is 4.66. The number of fused-ring (bicyclic) bond motifs is 1. The van der Waals surface area contributed by atoms with Gasteiger partial charge in [-0.25, -0.2) is 14.2 Å². The van der Waals surface area contributed by atoms with Crippen molar-refractivity contribution in [2.45, 2.75) is 36.1 Å². The summed E-state index contributed by atoms with van der Waals surface area (Å²) in [7, 11) is 1.99. The molecule has 0 spiro atoms. The summed E-state index contributed by atoms with van der Waals surface area (Å²) in [6.45, 7) is 2.41. The predicted octanol–water partition coefficient (Wildman–Crippen LogP) is 2.20. The van der Waals surface area contributed by atoms with E-state index in [0.29, 0.717) is 50.0 Å². The second-order valence-corrected chi connectivity index (χ2v) is 10.0. The van der Waals surface area contributed by atoms with Crippen LogP contribution in [0.5, 0.6) is 0 Å². The molecule has 1 aromatic carbocycles. The summed E-state index contributed by atoms with van der Waals surface area (Å²) in [5, 5.41) is 9.19. The zero-order valence-corrected chi connectivity index (χ0v) is 18.6. The first kappa shape index (κ1) is 21.4. The molecule has 10 heteroatoms. The van der Waals surface area contributed by atoms with E-state index in [-0.39, 0.29) is 17.5 Å². The van der Waals surface area contributed by atoms with E-state index in [1.165, 1.54) is 6.07 Å². The lowest BCUT2D eigenvalue weighted by Gasteiger charge is -2.40. The number of ether oxygens (including phenoxy) is 1. The average Bonchev–Trinajstić information content (AvgIpc) is 3.14. The summed E-state index contributed by atoms with van der Waals surface area (Å²) < 4.78 is 32.8.